The van der Waals surface area contributed by atoms with E-state index in [2.05, 4.69) is 4.98 Å². The number of hydrazine groups is 2. The van der Waals surface area contributed by atoms with Gasteiger partial charge < -0.3 is 26.6 Å². The Hall–Kier alpha value is -5.82. The number of nitrogens with zero attached hydrogens (tertiary/aromatic N) is 4. The average Bonchev–Trinajstić information content (AvgIpc) is 3.03. The van der Waals surface area contributed by atoms with Crippen LogP contribution in [0.4, 0.5) is 37.7 Å². The number of anilines is 2. The van der Waals surface area contributed by atoms with E-state index in [4.69, 9.17) is 33.4 Å². The van der Waals surface area contributed by atoms with E-state index in [1.807, 2.05) is 0 Å². The molecule has 0 saturated carbocycles. The first-order valence-corrected chi connectivity index (χ1v) is 13.9. The highest BCUT2D eigenvalue weighted by Gasteiger charge is 2.37. The summed E-state index contributed by atoms with van der Waals surface area (Å²) in [6.07, 6.45) is -8.18. The number of pyridine rings is 1. The van der Waals surface area contributed by atoms with Crippen molar-refractivity contribution in [3.8, 4) is 0 Å². The Morgan fingerprint density at radius 1 is 0.714 bits per heavy atom. The number of nitrogens with two attached hydrogens (primary N) is 4. The van der Waals surface area contributed by atoms with Gasteiger partial charge >= 0.3 is 24.3 Å². The third kappa shape index (κ3) is 8.76. The molecule has 0 bridgehead atoms. The number of hydrogen-bond acceptors (Lipinski definition) is 10. The molecule has 0 unspecified atom stereocenters. The summed E-state index contributed by atoms with van der Waals surface area (Å²) < 4.78 is 81.3. The second-order valence-electron chi connectivity index (χ2n) is 10.2. The minimum absolute atomic E-state index is 0.0149. The number of benzene rings is 2. The number of halogens is 6. The third-order valence-electron chi connectivity index (χ3n) is 6.95. The molecule has 13 nitrogen and oxygen atoms in total. The second kappa shape index (κ2) is 14.5. The zero-order valence-electron chi connectivity index (χ0n) is 25.7. The molecule has 0 spiro atoms. The summed E-state index contributed by atoms with van der Waals surface area (Å²) in [7, 11) is 0. The first kappa shape index (κ1) is 37.6. The molecule has 3 rings (SSSR count). The molecule has 0 aliphatic rings. The Labute approximate surface area is 274 Å². The van der Waals surface area contributed by atoms with E-state index in [-0.39, 0.29) is 52.8 Å². The molecule has 0 aliphatic carbocycles. The predicted molar refractivity (Wildman–Crippen MR) is 166 cm³/mol. The van der Waals surface area contributed by atoms with Gasteiger partial charge in [-0.1, -0.05) is 0 Å². The van der Waals surface area contributed by atoms with Crippen molar-refractivity contribution in [2.45, 2.75) is 26.2 Å². The minimum Gasteiger partial charge on any atom is -0.478 e. The summed E-state index contributed by atoms with van der Waals surface area (Å²) >= 11 is 0. The molecule has 0 fully saturated rings. The summed E-state index contributed by atoms with van der Waals surface area (Å²) in [5, 5.41) is 19.6. The molecule has 19 heteroatoms. The molecule has 262 valence electrons. The highest BCUT2D eigenvalue weighted by atomic mass is 19.4. The van der Waals surface area contributed by atoms with Gasteiger partial charge in [0.1, 0.15) is 0 Å². The van der Waals surface area contributed by atoms with Gasteiger partial charge in [-0.2, -0.15) is 26.3 Å². The summed E-state index contributed by atoms with van der Waals surface area (Å²) in [5.41, 5.74) is 5.82. The van der Waals surface area contributed by atoms with E-state index in [9.17, 15) is 40.7 Å². The van der Waals surface area contributed by atoms with Crippen LogP contribution in [0.15, 0.2) is 60.9 Å². The fraction of sp³-hybridized carbons (Fsp3) is 0.200. The second-order valence-corrected chi connectivity index (χ2v) is 10.2. The zero-order chi connectivity index (χ0) is 37.0. The SMILES string of the molecule is CCN(CC)C(=O)c1cc(/C(N)=C/N(N)c2ccc(C(=O)O)c(C(F)(F)F)c2)nc(/C(N)=C/N(N)c2ccc(C(=O)O)c(C(F)(F)F)c2)c1. The van der Waals surface area contributed by atoms with E-state index >= 15 is 0 Å². The van der Waals surface area contributed by atoms with E-state index in [0.29, 0.717) is 34.3 Å². The van der Waals surface area contributed by atoms with Gasteiger partial charge in [0, 0.05) is 31.1 Å². The highest BCUT2D eigenvalue weighted by Crippen LogP contribution is 2.36. The van der Waals surface area contributed by atoms with Crippen LogP contribution in [-0.2, 0) is 12.4 Å². The van der Waals surface area contributed by atoms with Gasteiger partial charge in [0.25, 0.3) is 5.91 Å². The van der Waals surface area contributed by atoms with Gasteiger partial charge in [0.2, 0.25) is 0 Å². The van der Waals surface area contributed by atoms with Crippen LogP contribution >= 0.6 is 0 Å². The molecule has 1 amide bonds. The molecule has 10 N–H and O–H groups in total. The Morgan fingerprint density at radius 3 is 1.39 bits per heavy atom. The molecule has 0 atom stereocenters. The summed E-state index contributed by atoms with van der Waals surface area (Å²) in [4.78, 5) is 41.6. The zero-order valence-corrected chi connectivity index (χ0v) is 25.7. The van der Waals surface area contributed by atoms with Crippen molar-refractivity contribution >= 4 is 40.6 Å². The van der Waals surface area contributed by atoms with Crippen LogP contribution in [0.5, 0.6) is 0 Å². The van der Waals surface area contributed by atoms with Crippen LogP contribution in [0.25, 0.3) is 11.4 Å². The van der Waals surface area contributed by atoms with Gasteiger partial charge in [-0.25, -0.2) is 26.3 Å². The van der Waals surface area contributed by atoms with Crippen molar-refractivity contribution < 1.29 is 50.9 Å². The number of carboxylic acids is 2. The Kier molecular flexibility index (Phi) is 11.2. The molecule has 2 aromatic carbocycles. The molecule has 1 aromatic heterocycles. The number of aromatic nitrogens is 1. The third-order valence-corrected chi connectivity index (χ3v) is 6.95. The summed E-state index contributed by atoms with van der Waals surface area (Å²) in [6.45, 7) is 3.99. The quantitative estimate of drug-likeness (QED) is 0.0941. The average molecular weight is 697 g/mol. The van der Waals surface area contributed by atoms with E-state index in [1.54, 1.807) is 13.8 Å². The maximum atomic E-state index is 13.6. The molecular formula is C30H30F6N8O5. The predicted octanol–water partition coefficient (Wildman–Crippen LogP) is 4.27. The van der Waals surface area contributed by atoms with Gasteiger partial charge in [-0.3, -0.25) is 14.8 Å². The lowest BCUT2D eigenvalue weighted by atomic mass is 10.1. The van der Waals surface area contributed by atoms with Crippen LogP contribution in [0.1, 0.15) is 67.4 Å². The standard InChI is InChI=1S/C30H30F6N8O5/c1-3-42(4-2)26(45)15-9-24(22(37)13-43(39)16-5-7-18(27(46)47)20(11-16)29(31,32)33)41-25(10-15)23(38)14-44(40)17-6-8-19(28(48)49)21(12-17)30(34,35)36/h5-14H,3-4,37-40H2,1-2H3,(H,46,47)(H,48,49)/b22-13-,23-14-. The van der Waals surface area contributed by atoms with Crippen molar-refractivity contribution in [1.82, 2.24) is 9.88 Å². The van der Waals surface area contributed by atoms with Crippen LogP contribution in [-0.4, -0.2) is 51.0 Å². The van der Waals surface area contributed by atoms with Crippen LogP contribution in [0.3, 0.4) is 0 Å². The number of hydrogen-bond donors (Lipinski definition) is 6. The number of carbonyl (C=O) groups is 3. The first-order chi connectivity index (χ1) is 22.7. The van der Waals surface area contributed by atoms with Gasteiger partial charge in [-0.05, 0) is 62.4 Å². The first-order valence-electron chi connectivity index (χ1n) is 13.9. The molecule has 1 heterocycles. The van der Waals surface area contributed by atoms with Gasteiger partial charge in [-0.15, -0.1) is 0 Å². The number of alkyl halides is 6. The van der Waals surface area contributed by atoms with Crippen LogP contribution in [0.2, 0.25) is 0 Å². The molecule has 0 saturated heterocycles. The monoisotopic (exact) mass is 696 g/mol. The van der Waals surface area contributed by atoms with Crippen molar-refractivity contribution in [3.05, 3.63) is 100 Å². The topological polar surface area (TPSA) is 218 Å². The van der Waals surface area contributed by atoms with Crippen LogP contribution in [0, 0.1) is 0 Å². The van der Waals surface area contributed by atoms with E-state index in [0.717, 1.165) is 24.5 Å². The highest BCUT2D eigenvalue weighted by molar-refractivity contribution is 5.96. The van der Waals surface area contributed by atoms with Crippen molar-refractivity contribution in [2.75, 3.05) is 23.1 Å². The number of aromatic carboxylic acids is 2. The smallest absolute Gasteiger partial charge is 0.417 e. The lowest BCUT2D eigenvalue weighted by molar-refractivity contribution is -0.138. The fourth-order valence-electron chi connectivity index (χ4n) is 4.45. The van der Waals surface area contributed by atoms with Crippen molar-refractivity contribution in [3.63, 3.8) is 0 Å². The summed E-state index contributed by atoms with van der Waals surface area (Å²) in [6, 6.07) is 6.91. The Morgan fingerprint density at radius 2 is 1.08 bits per heavy atom. The van der Waals surface area contributed by atoms with Gasteiger partial charge in [0.05, 0.1) is 56.4 Å². The molecule has 0 radical (unpaired) electrons. The number of rotatable bonds is 11. The van der Waals surface area contributed by atoms with Crippen molar-refractivity contribution in [1.29, 1.82) is 0 Å². The number of carboxylic acid groups (broad SMARTS) is 2. The lowest BCUT2D eigenvalue weighted by Crippen LogP contribution is -2.31. The van der Waals surface area contributed by atoms with Crippen molar-refractivity contribution in [2.24, 2.45) is 23.2 Å². The van der Waals surface area contributed by atoms with E-state index < -0.39 is 52.5 Å². The van der Waals surface area contributed by atoms with Crippen LogP contribution < -0.4 is 33.2 Å². The maximum Gasteiger partial charge on any atom is 0.417 e. The molecular weight excluding hydrogens is 666 g/mol. The Bertz CT molecular complexity index is 1710. The number of amides is 1. The van der Waals surface area contributed by atoms with E-state index in [1.165, 1.54) is 17.0 Å². The largest absolute Gasteiger partial charge is 0.478 e. The fourth-order valence-corrected chi connectivity index (χ4v) is 4.45. The maximum absolute atomic E-state index is 13.6. The summed E-state index contributed by atoms with van der Waals surface area (Å²) in [5.74, 6) is 7.74. The molecule has 3 aromatic rings. The Balaban J connectivity index is 2.12. The van der Waals surface area contributed by atoms with Gasteiger partial charge in [0.15, 0.2) is 0 Å². The molecule has 49 heavy (non-hydrogen) atoms. The minimum atomic E-state index is -5.04. The lowest BCUT2D eigenvalue weighted by Gasteiger charge is -2.21. The number of carbonyl (C=O) groups excluding carboxylic acids is 1. The molecule has 0 aliphatic heterocycles. The normalized spacial score (nSPS) is 12.4.